The lowest BCUT2D eigenvalue weighted by molar-refractivity contribution is 0.249. The van der Waals surface area contributed by atoms with Crippen LogP contribution in [0.4, 0.5) is 4.79 Å². The molecular weight excluding hydrogens is 168 g/mol. The Hall–Kier alpha value is -1.10. The maximum Gasteiger partial charge on any atom is 0.332 e. The van der Waals surface area contributed by atoms with Gasteiger partial charge in [0, 0.05) is 18.7 Å². The summed E-state index contributed by atoms with van der Waals surface area (Å²) in [6.45, 7) is 2.09. The molecule has 1 fully saturated rings. The zero-order valence-electron chi connectivity index (χ0n) is 7.92. The van der Waals surface area contributed by atoms with Gasteiger partial charge in [0.05, 0.1) is 0 Å². The van der Waals surface area contributed by atoms with Crippen molar-refractivity contribution in [3.63, 3.8) is 0 Å². The summed E-state index contributed by atoms with van der Waals surface area (Å²) in [7, 11) is 2.09. The van der Waals surface area contributed by atoms with Crippen LogP contribution in [0.5, 0.6) is 0 Å². The summed E-state index contributed by atoms with van der Waals surface area (Å²) in [5, 5.41) is 3.94. The minimum atomic E-state index is -0.592. The quantitative estimate of drug-likeness (QED) is 0.568. The third kappa shape index (κ3) is 3.89. The van der Waals surface area contributed by atoms with Crippen LogP contribution in [0.1, 0.15) is 19.3 Å². The van der Waals surface area contributed by atoms with E-state index in [1.807, 2.05) is 0 Å². The third-order valence-electron chi connectivity index (χ3n) is 2.11. The molecular formula is C8H16N4O. The number of hydrogen-bond acceptors (Lipinski definition) is 3. The fourth-order valence-corrected chi connectivity index (χ4v) is 1.36. The molecule has 0 spiro atoms. The summed E-state index contributed by atoms with van der Waals surface area (Å²) >= 11 is 0. The number of hydrogen-bond donors (Lipinski definition) is 2. The number of carbonyl (C=O) groups excluding carboxylic acids is 1. The Morgan fingerprint density at radius 1 is 1.54 bits per heavy atom. The van der Waals surface area contributed by atoms with Gasteiger partial charge in [-0.15, -0.1) is 0 Å². The number of urea groups is 1. The topological polar surface area (TPSA) is 70.7 Å². The van der Waals surface area contributed by atoms with E-state index >= 15 is 0 Å². The SMILES string of the molecule is CN1CCCC(=NNC(N)=O)CC1. The van der Waals surface area contributed by atoms with E-state index in [4.69, 9.17) is 5.73 Å². The van der Waals surface area contributed by atoms with Crippen molar-refractivity contribution in [1.29, 1.82) is 0 Å². The highest BCUT2D eigenvalue weighted by Gasteiger charge is 2.09. The summed E-state index contributed by atoms with van der Waals surface area (Å²) in [4.78, 5) is 12.6. The highest BCUT2D eigenvalue weighted by Crippen LogP contribution is 2.05. The van der Waals surface area contributed by atoms with Crippen LogP contribution in [0.2, 0.25) is 0 Å². The molecule has 1 aliphatic heterocycles. The van der Waals surface area contributed by atoms with Gasteiger partial charge in [0.1, 0.15) is 0 Å². The number of amides is 2. The molecule has 0 aliphatic carbocycles. The van der Waals surface area contributed by atoms with Crippen molar-refractivity contribution < 1.29 is 4.79 Å². The number of rotatable bonds is 1. The van der Waals surface area contributed by atoms with E-state index in [1.165, 1.54) is 0 Å². The number of nitrogens with zero attached hydrogens (tertiary/aromatic N) is 2. The molecule has 5 heteroatoms. The Balaban J connectivity index is 2.41. The normalized spacial score (nSPS) is 22.7. The number of primary amides is 1. The Labute approximate surface area is 78.0 Å². The van der Waals surface area contributed by atoms with Gasteiger partial charge in [0.15, 0.2) is 0 Å². The molecule has 13 heavy (non-hydrogen) atoms. The minimum absolute atomic E-state index is 0.592. The van der Waals surface area contributed by atoms with E-state index in [-0.39, 0.29) is 0 Å². The van der Waals surface area contributed by atoms with Crippen molar-refractivity contribution in [2.45, 2.75) is 19.3 Å². The molecule has 1 saturated heterocycles. The van der Waals surface area contributed by atoms with Gasteiger partial charge in [-0.2, -0.15) is 5.10 Å². The summed E-state index contributed by atoms with van der Waals surface area (Å²) in [6.07, 6.45) is 2.96. The number of nitrogens with one attached hydrogen (secondary N) is 1. The van der Waals surface area contributed by atoms with Crippen molar-refractivity contribution in [2.75, 3.05) is 20.1 Å². The van der Waals surface area contributed by atoms with Crippen LogP contribution in [-0.2, 0) is 0 Å². The molecule has 74 valence electrons. The van der Waals surface area contributed by atoms with Crippen LogP contribution >= 0.6 is 0 Å². The number of hydrazone groups is 1. The maximum atomic E-state index is 10.4. The van der Waals surface area contributed by atoms with Crippen molar-refractivity contribution in [3.8, 4) is 0 Å². The van der Waals surface area contributed by atoms with Gasteiger partial charge >= 0.3 is 6.03 Å². The standard InChI is InChI=1S/C8H16N4O/c1-12-5-2-3-7(4-6-12)10-11-8(9)13/h2-6H2,1H3,(H3,9,11,13). The molecule has 1 heterocycles. The van der Waals surface area contributed by atoms with E-state index in [2.05, 4.69) is 22.5 Å². The second-order valence-corrected chi connectivity index (χ2v) is 3.31. The lowest BCUT2D eigenvalue weighted by atomic mass is 10.2. The highest BCUT2D eigenvalue weighted by atomic mass is 16.2. The van der Waals surface area contributed by atoms with E-state index in [9.17, 15) is 4.79 Å². The Kier molecular flexibility index (Phi) is 3.70. The summed E-state index contributed by atoms with van der Waals surface area (Å²) in [5.41, 5.74) is 8.21. The molecule has 0 aromatic carbocycles. The van der Waals surface area contributed by atoms with Gasteiger partial charge in [-0.05, 0) is 26.4 Å². The van der Waals surface area contributed by atoms with Crippen molar-refractivity contribution in [1.82, 2.24) is 10.3 Å². The van der Waals surface area contributed by atoms with Crippen molar-refractivity contribution in [2.24, 2.45) is 10.8 Å². The minimum Gasteiger partial charge on any atom is -0.350 e. The summed E-state index contributed by atoms with van der Waals surface area (Å²) in [6, 6.07) is -0.592. The first kappa shape index (κ1) is 9.98. The molecule has 0 aromatic heterocycles. The van der Waals surface area contributed by atoms with Crippen LogP contribution in [0.3, 0.4) is 0 Å². The van der Waals surface area contributed by atoms with Crippen LogP contribution < -0.4 is 11.2 Å². The highest BCUT2D eigenvalue weighted by molar-refractivity contribution is 5.86. The number of likely N-dealkylation sites (tertiary alicyclic amines) is 1. The average Bonchev–Trinajstić information content (AvgIpc) is 2.27. The van der Waals surface area contributed by atoms with E-state index < -0.39 is 6.03 Å². The van der Waals surface area contributed by atoms with Gasteiger partial charge in [0.2, 0.25) is 0 Å². The van der Waals surface area contributed by atoms with Gasteiger partial charge < -0.3 is 10.6 Å². The lowest BCUT2D eigenvalue weighted by Crippen LogP contribution is -2.26. The first-order chi connectivity index (χ1) is 6.18. The second kappa shape index (κ2) is 4.81. The molecule has 0 radical (unpaired) electrons. The van der Waals surface area contributed by atoms with Gasteiger partial charge in [-0.3, -0.25) is 0 Å². The van der Waals surface area contributed by atoms with Crippen LogP contribution in [0.15, 0.2) is 5.10 Å². The van der Waals surface area contributed by atoms with Crippen molar-refractivity contribution in [3.05, 3.63) is 0 Å². The Bertz CT molecular complexity index is 214. The number of carbonyl (C=O) groups is 1. The second-order valence-electron chi connectivity index (χ2n) is 3.31. The molecule has 1 rings (SSSR count). The predicted molar refractivity (Wildman–Crippen MR) is 51.5 cm³/mol. The molecule has 0 saturated carbocycles. The molecule has 1 aliphatic rings. The Morgan fingerprint density at radius 3 is 3.00 bits per heavy atom. The van der Waals surface area contributed by atoms with Crippen LogP contribution in [0.25, 0.3) is 0 Å². The number of nitrogens with two attached hydrogens (primary N) is 1. The molecule has 3 N–H and O–H groups in total. The molecule has 0 aromatic rings. The monoisotopic (exact) mass is 184 g/mol. The first-order valence-corrected chi connectivity index (χ1v) is 4.48. The van der Waals surface area contributed by atoms with E-state index in [0.717, 1.165) is 38.1 Å². The van der Waals surface area contributed by atoms with Crippen molar-refractivity contribution >= 4 is 11.7 Å². The smallest absolute Gasteiger partial charge is 0.332 e. The lowest BCUT2D eigenvalue weighted by Gasteiger charge is -2.10. The Morgan fingerprint density at radius 2 is 2.31 bits per heavy atom. The van der Waals surface area contributed by atoms with Crippen LogP contribution in [-0.4, -0.2) is 36.8 Å². The van der Waals surface area contributed by atoms with Crippen LogP contribution in [0, 0.1) is 0 Å². The zero-order valence-corrected chi connectivity index (χ0v) is 7.92. The fourth-order valence-electron chi connectivity index (χ4n) is 1.36. The molecule has 0 unspecified atom stereocenters. The van der Waals surface area contributed by atoms with Gasteiger partial charge in [-0.1, -0.05) is 0 Å². The van der Waals surface area contributed by atoms with Gasteiger partial charge in [0.25, 0.3) is 0 Å². The van der Waals surface area contributed by atoms with E-state index in [0.29, 0.717) is 0 Å². The third-order valence-corrected chi connectivity index (χ3v) is 2.11. The average molecular weight is 184 g/mol. The van der Waals surface area contributed by atoms with Gasteiger partial charge in [-0.25, -0.2) is 10.2 Å². The molecule has 2 amide bonds. The molecule has 0 bridgehead atoms. The summed E-state index contributed by atoms with van der Waals surface area (Å²) < 4.78 is 0. The largest absolute Gasteiger partial charge is 0.350 e. The summed E-state index contributed by atoms with van der Waals surface area (Å²) in [5.74, 6) is 0. The predicted octanol–water partition coefficient (Wildman–Crippen LogP) is 0.126. The molecule has 0 atom stereocenters. The maximum absolute atomic E-state index is 10.4. The molecule has 5 nitrogen and oxygen atoms in total. The zero-order chi connectivity index (χ0) is 9.68. The fraction of sp³-hybridized carbons (Fsp3) is 0.750. The van der Waals surface area contributed by atoms with E-state index in [1.54, 1.807) is 0 Å². The first-order valence-electron chi connectivity index (χ1n) is 4.48.